The lowest BCUT2D eigenvalue weighted by molar-refractivity contribution is 0.740. The van der Waals surface area contributed by atoms with Crippen LogP contribution in [0.15, 0.2) is 72.8 Å². The van der Waals surface area contributed by atoms with Crippen LogP contribution in [0.1, 0.15) is 78.6 Å². The van der Waals surface area contributed by atoms with Crippen molar-refractivity contribution in [3.63, 3.8) is 0 Å². The molecule has 0 aliphatic carbocycles. The fourth-order valence-corrected chi connectivity index (χ4v) is 6.22. The Morgan fingerprint density at radius 2 is 0.567 bits per heavy atom. The van der Waals surface area contributed by atoms with Crippen LogP contribution in [0, 0.1) is 0 Å². The van der Waals surface area contributed by atoms with Crippen LogP contribution in [0.5, 0.6) is 0 Å². The largest absolute Gasteiger partial charge is 0.354 e. The number of unbranched alkanes of at least 4 members (excludes halogenated alkanes) is 6. The Labute approximate surface area is 346 Å². The predicted molar refractivity (Wildman–Crippen MR) is 241 cm³/mol. The maximum Gasteiger partial charge on any atom is 0.233 e. The Morgan fingerprint density at radius 3 is 0.783 bits per heavy atom. The molecule has 0 saturated carbocycles. The van der Waals surface area contributed by atoms with Gasteiger partial charge in [0.25, 0.3) is 0 Å². The van der Waals surface area contributed by atoms with Crippen molar-refractivity contribution in [2.24, 2.45) is 0 Å². The van der Waals surface area contributed by atoms with Gasteiger partial charge in [-0.1, -0.05) is 77.5 Å². The third-order valence-corrected chi connectivity index (χ3v) is 9.22. The average molecular weight is 811 g/mol. The topological polar surface area (TPSA) is 247 Å². The highest BCUT2D eigenvalue weighted by atomic mass is 15.2. The number of rotatable bonds is 15. The van der Waals surface area contributed by atoms with Crippen LogP contribution in [-0.4, -0.2) is 94.4 Å². The van der Waals surface area contributed by atoms with Gasteiger partial charge in [-0.15, -0.1) is 0 Å². The number of nitrogens with zero attached hydrogens (tertiary/aromatic N) is 9. The third-order valence-electron chi connectivity index (χ3n) is 9.22. The van der Waals surface area contributed by atoms with Gasteiger partial charge in [0.05, 0.1) is 0 Å². The molecule has 0 fully saturated rings. The number of anilines is 3. The second-order valence-electron chi connectivity index (χ2n) is 14.3. The molecule has 18 nitrogen and oxygen atoms in total. The number of benzene rings is 3. The molecule has 9 N–H and O–H groups in total. The number of aromatic nitrogens is 15. The molecule has 4 heterocycles. The van der Waals surface area contributed by atoms with Gasteiger partial charge >= 0.3 is 0 Å². The van der Waals surface area contributed by atoms with Crippen molar-refractivity contribution in [3.8, 4) is 0 Å². The van der Waals surface area contributed by atoms with Gasteiger partial charge in [0.15, 0.2) is 0 Å². The molecule has 12 bridgehead atoms. The molecule has 18 heteroatoms. The Hall–Kier alpha value is -7.11. The van der Waals surface area contributed by atoms with Crippen LogP contribution in [0.3, 0.4) is 0 Å². The second-order valence-corrected chi connectivity index (χ2v) is 14.3. The smallest absolute Gasteiger partial charge is 0.233 e. The van der Waals surface area contributed by atoms with Gasteiger partial charge in [-0.2, -0.15) is 44.9 Å². The van der Waals surface area contributed by atoms with Crippen molar-refractivity contribution >= 4 is 85.6 Å². The summed E-state index contributed by atoms with van der Waals surface area (Å²) in [5.74, 6) is 3.54. The van der Waals surface area contributed by atoms with Crippen molar-refractivity contribution < 1.29 is 0 Å². The van der Waals surface area contributed by atoms with Crippen LogP contribution in [-0.2, 0) is 0 Å². The molecule has 0 unspecified atom stereocenters. The summed E-state index contributed by atoms with van der Waals surface area (Å²) in [4.78, 5) is 62.7. The van der Waals surface area contributed by atoms with Crippen molar-refractivity contribution in [2.75, 3.05) is 35.6 Å². The molecule has 0 radical (unpaired) electrons. The minimum absolute atomic E-state index is 0.364. The minimum atomic E-state index is 0.364. The highest BCUT2D eigenvalue weighted by Crippen LogP contribution is 2.11. The Morgan fingerprint density at radius 1 is 0.333 bits per heavy atom. The fraction of sp³-hybridized carbons (Fsp3) is 0.357. The monoisotopic (exact) mass is 810 g/mol. The van der Waals surface area contributed by atoms with Gasteiger partial charge in [0.2, 0.25) is 52.5 Å². The van der Waals surface area contributed by atoms with Crippen LogP contribution in [0.4, 0.5) is 17.8 Å². The average Bonchev–Trinajstić information content (AvgIpc) is 3.23. The van der Waals surface area contributed by atoms with Crippen LogP contribution in [0.2, 0.25) is 0 Å². The van der Waals surface area contributed by atoms with Gasteiger partial charge in [-0.3, -0.25) is 0 Å². The Bertz CT molecular complexity index is 2330. The number of nitrogens with one attached hydrogen (secondary N) is 9. The zero-order chi connectivity index (χ0) is 41.4. The third kappa shape index (κ3) is 12.4. The lowest BCUT2D eigenvalue weighted by atomic mass is 10.2. The molecule has 0 aliphatic heterocycles. The lowest BCUT2D eigenvalue weighted by Crippen LogP contribution is -2.07. The molecular formula is C42H54N18. The van der Waals surface area contributed by atoms with E-state index in [9.17, 15) is 0 Å². The van der Waals surface area contributed by atoms with Crippen LogP contribution < -0.4 is 16.0 Å². The van der Waals surface area contributed by atoms with Gasteiger partial charge in [0.1, 0.15) is 0 Å². The first kappa shape index (κ1) is 41.1. The molecular weight excluding hydrogens is 757 g/mol. The van der Waals surface area contributed by atoms with E-state index in [0.29, 0.717) is 52.5 Å². The SMILES string of the molecule is CCCCCNc1nc2nc(n1)[nH]c1cccc(c1)[nH]c1nc(NCCCCC)nc(n1)[nH]c1cccc(c1)[nH]c1nc(NCCCCC)nc(n1)[nH]c1cccc(c1)[nH]2. The molecule has 0 saturated heterocycles. The van der Waals surface area contributed by atoms with Crippen molar-refractivity contribution in [1.29, 1.82) is 0 Å². The Balaban J connectivity index is 1.47. The second kappa shape index (κ2) is 21.1. The summed E-state index contributed by atoms with van der Waals surface area (Å²) in [6, 6.07) is 23.3. The van der Waals surface area contributed by atoms with Crippen molar-refractivity contribution in [1.82, 2.24) is 74.8 Å². The van der Waals surface area contributed by atoms with Crippen LogP contribution in [0.25, 0.3) is 67.8 Å². The quantitative estimate of drug-likeness (QED) is 0.0440. The van der Waals surface area contributed by atoms with E-state index in [2.05, 4.69) is 66.6 Å². The highest BCUT2D eigenvalue weighted by Gasteiger charge is 2.04. The summed E-state index contributed by atoms with van der Waals surface area (Å²) < 4.78 is 0. The van der Waals surface area contributed by atoms with E-state index in [-0.39, 0.29) is 0 Å². The lowest BCUT2D eigenvalue weighted by Gasteiger charge is -2.05. The minimum Gasteiger partial charge on any atom is -0.354 e. The maximum atomic E-state index is 4.75. The summed E-state index contributed by atoms with van der Waals surface area (Å²) in [5.41, 5.74) is 4.50. The first-order valence-corrected chi connectivity index (χ1v) is 20.9. The van der Waals surface area contributed by atoms with E-state index >= 15 is 0 Å². The molecule has 60 heavy (non-hydrogen) atoms. The molecule has 7 rings (SSSR count). The van der Waals surface area contributed by atoms with Crippen molar-refractivity contribution in [3.05, 3.63) is 72.8 Å². The predicted octanol–water partition coefficient (Wildman–Crippen LogP) is 9.00. The van der Waals surface area contributed by atoms with Gasteiger partial charge in [-0.05, 0) is 73.9 Å². The van der Waals surface area contributed by atoms with E-state index in [0.717, 1.165) is 111 Å². The van der Waals surface area contributed by atoms with E-state index in [1.807, 2.05) is 72.8 Å². The molecule has 7 aromatic rings. The van der Waals surface area contributed by atoms with E-state index in [1.54, 1.807) is 0 Å². The summed E-state index contributed by atoms with van der Waals surface area (Å²) in [7, 11) is 0. The van der Waals surface area contributed by atoms with Crippen LogP contribution >= 0.6 is 0 Å². The summed E-state index contributed by atoms with van der Waals surface area (Å²) in [5, 5.41) is 10.1. The summed E-state index contributed by atoms with van der Waals surface area (Å²) in [6.07, 6.45) is 9.62. The zero-order valence-corrected chi connectivity index (χ0v) is 34.4. The number of hydrogen-bond donors (Lipinski definition) is 9. The normalized spacial score (nSPS) is 11.1. The molecule has 0 aliphatic rings. The molecule has 0 amide bonds. The zero-order valence-electron chi connectivity index (χ0n) is 34.4. The van der Waals surface area contributed by atoms with Gasteiger partial charge < -0.3 is 45.9 Å². The summed E-state index contributed by atoms with van der Waals surface area (Å²) >= 11 is 0. The molecule has 4 aromatic heterocycles. The van der Waals surface area contributed by atoms with Crippen molar-refractivity contribution in [2.45, 2.75) is 78.6 Å². The molecule has 312 valence electrons. The Kier molecular flexibility index (Phi) is 14.4. The first-order valence-electron chi connectivity index (χ1n) is 20.9. The first-order chi connectivity index (χ1) is 29.5. The molecule has 0 atom stereocenters. The number of hydrogen-bond acceptors (Lipinski definition) is 12. The molecule has 3 aromatic carbocycles. The highest BCUT2D eigenvalue weighted by molar-refractivity contribution is 5.65. The summed E-state index contributed by atoms with van der Waals surface area (Å²) in [6.45, 7) is 8.73. The standard InChI is InChI=1S/C42H54N18/c1-4-7-10-22-43-34-52-37-46-28-16-13-18-30(25-28)48-39-54-35(44-23-11-8-5-2)56-41(59-39)50-32-20-15-21-33(27-32)51-42-57-36(45-24-12-9-6-3)55-40(60-42)49-31-19-14-17-29(26-31)47-38(53-34)58-37/h13-21,25-27H,4-12,22-24H2,1-3H3,(H3,43,46,47,52,53,58)(H3,44,48,50,54,56,59)(H3,45,49,51,55,57,60). The fourth-order valence-electron chi connectivity index (χ4n) is 6.22. The van der Waals surface area contributed by atoms with E-state index in [4.69, 9.17) is 44.9 Å². The number of H-pyrrole nitrogens is 6. The van der Waals surface area contributed by atoms with Gasteiger partial charge in [-0.25, -0.2) is 0 Å². The number of aromatic amines is 6. The number of fused-ring (bicyclic) bond motifs is 12. The van der Waals surface area contributed by atoms with E-state index in [1.165, 1.54) is 0 Å². The van der Waals surface area contributed by atoms with E-state index < -0.39 is 0 Å². The molecule has 0 spiro atoms. The van der Waals surface area contributed by atoms with Gasteiger partial charge in [0, 0.05) is 52.7 Å². The maximum absolute atomic E-state index is 4.75.